The predicted molar refractivity (Wildman–Crippen MR) is 113 cm³/mol. The molecule has 0 heterocycles. The average molecular weight is 412 g/mol. The van der Waals surface area contributed by atoms with Crippen LogP contribution in [0.15, 0.2) is 83.8 Å². The van der Waals surface area contributed by atoms with Crippen LogP contribution in [0, 0.1) is 6.92 Å². The van der Waals surface area contributed by atoms with Gasteiger partial charge in [0, 0.05) is 16.3 Å². The van der Waals surface area contributed by atoms with Gasteiger partial charge in [0.15, 0.2) is 5.78 Å². The van der Waals surface area contributed by atoms with E-state index in [1.54, 1.807) is 24.3 Å². The molecule has 0 amide bonds. The number of aryl methyl sites for hydroxylation is 1. The number of rotatable bonds is 6. The molecule has 3 rings (SSSR count). The minimum Gasteiger partial charge on any atom is -0.289 e. The Balaban J connectivity index is 1.77. The molecule has 28 heavy (non-hydrogen) atoms. The van der Waals surface area contributed by atoms with Crippen molar-refractivity contribution in [2.45, 2.75) is 11.8 Å². The zero-order valence-electron chi connectivity index (χ0n) is 15.1. The summed E-state index contributed by atoms with van der Waals surface area (Å²) >= 11 is 5.80. The second kappa shape index (κ2) is 8.42. The minimum atomic E-state index is -3.77. The smallest absolute Gasteiger partial charge is 0.261 e. The number of anilines is 1. The van der Waals surface area contributed by atoms with Crippen LogP contribution in [0.3, 0.4) is 0 Å². The van der Waals surface area contributed by atoms with E-state index in [1.165, 1.54) is 36.4 Å². The maximum absolute atomic E-state index is 12.5. The van der Waals surface area contributed by atoms with Crippen LogP contribution in [-0.4, -0.2) is 14.2 Å². The van der Waals surface area contributed by atoms with Gasteiger partial charge in [-0.3, -0.25) is 9.52 Å². The van der Waals surface area contributed by atoms with E-state index in [4.69, 9.17) is 11.6 Å². The third-order valence-corrected chi connectivity index (χ3v) is 5.68. The Morgan fingerprint density at radius 2 is 1.64 bits per heavy atom. The number of nitrogens with one attached hydrogen (secondary N) is 1. The molecule has 6 heteroatoms. The molecule has 0 aliphatic carbocycles. The number of carbonyl (C=O) groups excluding carboxylic acids is 1. The molecule has 0 aliphatic heterocycles. The van der Waals surface area contributed by atoms with Gasteiger partial charge in [-0.25, -0.2) is 8.42 Å². The van der Waals surface area contributed by atoms with Crippen LogP contribution in [0.5, 0.6) is 0 Å². The molecule has 4 nitrogen and oxygen atoms in total. The predicted octanol–water partition coefficient (Wildman–Crippen LogP) is 5.35. The number of ketones is 1. The fourth-order valence-corrected chi connectivity index (χ4v) is 3.68. The van der Waals surface area contributed by atoms with Crippen molar-refractivity contribution in [1.29, 1.82) is 0 Å². The van der Waals surface area contributed by atoms with Gasteiger partial charge in [-0.2, -0.15) is 0 Å². The van der Waals surface area contributed by atoms with E-state index in [9.17, 15) is 13.2 Å². The lowest BCUT2D eigenvalue weighted by molar-refractivity contribution is 0.104. The summed E-state index contributed by atoms with van der Waals surface area (Å²) in [5.41, 5.74) is 2.76. The summed E-state index contributed by atoms with van der Waals surface area (Å²) in [4.78, 5) is 12.5. The molecule has 142 valence electrons. The number of halogens is 1. The summed E-state index contributed by atoms with van der Waals surface area (Å²) in [6.45, 7) is 2.00. The van der Waals surface area contributed by atoms with Crippen molar-refractivity contribution in [1.82, 2.24) is 0 Å². The minimum absolute atomic E-state index is 0.0906. The molecule has 0 saturated heterocycles. The second-order valence-corrected chi connectivity index (χ2v) is 8.37. The first-order chi connectivity index (χ1) is 13.3. The Bertz CT molecular complexity index is 1120. The molecular formula is C22H18ClNO3S. The van der Waals surface area contributed by atoms with Crippen LogP contribution < -0.4 is 4.72 Å². The van der Waals surface area contributed by atoms with Gasteiger partial charge < -0.3 is 0 Å². The van der Waals surface area contributed by atoms with E-state index in [0.29, 0.717) is 16.3 Å². The van der Waals surface area contributed by atoms with Crippen molar-refractivity contribution in [3.63, 3.8) is 0 Å². The lowest BCUT2D eigenvalue weighted by Crippen LogP contribution is -2.13. The highest BCUT2D eigenvalue weighted by Gasteiger charge is 2.14. The van der Waals surface area contributed by atoms with Crippen molar-refractivity contribution >= 4 is 39.2 Å². The normalized spacial score (nSPS) is 11.5. The first-order valence-electron chi connectivity index (χ1n) is 8.51. The molecule has 0 radical (unpaired) electrons. The Labute approximate surface area is 169 Å². The van der Waals surface area contributed by atoms with Crippen molar-refractivity contribution in [2.75, 3.05) is 4.72 Å². The summed E-state index contributed by atoms with van der Waals surface area (Å²) in [6.07, 6.45) is 3.20. The largest absolute Gasteiger partial charge is 0.289 e. The molecule has 0 bridgehead atoms. The van der Waals surface area contributed by atoms with Crippen LogP contribution in [0.2, 0.25) is 5.02 Å². The molecule has 0 unspecified atom stereocenters. The Morgan fingerprint density at radius 1 is 0.964 bits per heavy atom. The third-order valence-electron chi connectivity index (χ3n) is 4.03. The zero-order valence-corrected chi connectivity index (χ0v) is 16.7. The average Bonchev–Trinajstić information content (AvgIpc) is 2.67. The van der Waals surface area contributed by atoms with Crippen LogP contribution in [0.25, 0.3) is 6.08 Å². The second-order valence-electron chi connectivity index (χ2n) is 6.25. The number of sulfonamides is 1. The Kier molecular flexibility index (Phi) is 5.97. The van der Waals surface area contributed by atoms with Crippen LogP contribution in [0.4, 0.5) is 5.69 Å². The number of hydrogen-bond acceptors (Lipinski definition) is 3. The van der Waals surface area contributed by atoms with E-state index in [1.807, 2.05) is 31.2 Å². The summed E-state index contributed by atoms with van der Waals surface area (Å²) < 4.78 is 27.4. The molecule has 0 spiro atoms. The highest BCUT2D eigenvalue weighted by Crippen LogP contribution is 2.19. The number of carbonyl (C=O) groups is 1. The summed E-state index contributed by atoms with van der Waals surface area (Å²) in [5.74, 6) is -0.215. The van der Waals surface area contributed by atoms with Crippen LogP contribution in [-0.2, 0) is 10.0 Å². The molecule has 0 atom stereocenters. The Hall–Kier alpha value is -2.89. The van der Waals surface area contributed by atoms with Gasteiger partial charge in [0.25, 0.3) is 10.0 Å². The standard InChI is InChI=1S/C22H18ClNO3S/c1-16-5-7-17(8-6-16)9-14-22(25)18-3-2-4-20(15-18)24-28(26,27)21-12-10-19(23)11-13-21/h2-15,24H,1H3/b14-9+. The fourth-order valence-electron chi connectivity index (χ4n) is 2.51. The van der Waals surface area contributed by atoms with Gasteiger partial charge in [0.1, 0.15) is 0 Å². The molecule has 3 aromatic carbocycles. The van der Waals surface area contributed by atoms with Gasteiger partial charge >= 0.3 is 0 Å². The molecular weight excluding hydrogens is 394 g/mol. The van der Waals surface area contributed by atoms with E-state index < -0.39 is 10.0 Å². The van der Waals surface area contributed by atoms with E-state index >= 15 is 0 Å². The monoisotopic (exact) mass is 411 g/mol. The van der Waals surface area contributed by atoms with Gasteiger partial charge in [0.05, 0.1) is 4.90 Å². The fraction of sp³-hybridized carbons (Fsp3) is 0.0455. The molecule has 0 saturated carbocycles. The van der Waals surface area contributed by atoms with Gasteiger partial charge in [0.2, 0.25) is 0 Å². The number of benzene rings is 3. The van der Waals surface area contributed by atoms with Gasteiger partial charge in [-0.05, 0) is 55.0 Å². The quantitative estimate of drug-likeness (QED) is 0.439. The third kappa shape index (κ3) is 5.09. The molecule has 1 N–H and O–H groups in total. The lowest BCUT2D eigenvalue weighted by atomic mass is 10.1. The maximum Gasteiger partial charge on any atom is 0.261 e. The highest BCUT2D eigenvalue weighted by molar-refractivity contribution is 7.92. The summed E-state index contributed by atoms with van der Waals surface area (Å²) in [5, 5.41) is 0.451. The van der Waals surface area contributed by atoms with Crippen LogP contribution in [0.1, 0.15) is 21.5 Å². The topological polar surface area (TPSA) is 63.2 Å². The molecule has 0 aliphatic rings. The SMILES string of the molecule is Cc1ccc(/C=C/C(=O)c2cccc(NS(=O)(=O)c3ccc(Cl)cc3)c2)cc1. The highest BCUT2D eigenvalue weighted by atomic mass is 35.5. The van der Waals surface area contributed by atoms with E-state index in [2.05, 4.69) is 4.72 Å². The summed E-state index contributed by atoms with van der Waals surface area (Å²) in [7, 11) is -3.77. The van der Waals surface area contributed by atoms with E-state index in [0.717, 1.165) is 11.1 Å². The molecule has 3 aromatic rings. The van der Waals surface area contributed by atoms with Gasteiger partial charge in [-0.1, -0.05) is 59.6 Å². The first-order valence-corrected chi connectivity index (χ1v) is 10.4. The van der Waals surface area contributed by atoms with Crippen molar-refractivity contribution < 1.29 is 13.2 Å². The molecule has 0 fully saturated rings. The Morgan fingerprint density at radius 3 is 2.32 bits per heavy atom. The van der Waals surface area contributed by atoms with Crippen LogP contribution >= 0.6 is 11.6 Å². The number of allylic oxidation sites excluding steroid dienone is 1. The van der Waals surface area contributed by atoms with E-state index in [-0.39, 0.29) is 10.7 Å². The maximum atomic E-state index is 12.5. The molecule has 0 aromatic heterocycles. The van der Waals surface area contributed by atoms with Crippen molar-refractivity contribution in [3.05, 3.63) is 101 Å². The van der Waals surface area contributed by atoms with Crippen molar-refractivity contribution in [3.8, 4) is 0 Å². The zero-order chi connectivity index (χ0) is 20.1. The van der Waals surface area contributed by atoms with Crippen molar-refractivity contribution in [2.24, 2.45) is 0 Å². The lowest BCUT2D eigenvalue weighted by Gasteiger charge is -2.09. The first kappa shape index (κ1) is 19.9. The number of hydrogen-bond donors (Lipinski definition) is 1. The summed E-state index contributed by atoms with van der Waals surface area (Å²) in [6, 6.07) is 20.0. The van der Waals surface area contributed by atoms with Gasteiger partial charge in [-0.15, -0.1) is 0 Å².